The van der Waals surface area contributed by atoms with Gasteiger partial charge in [-0.3, -0.25) is 0 Å². The zero-order chi connectivity index (χ0) is 13.1. The van der Waals surface area contributed by atoms with Crippen molar-refractivity contribution >= 4 is 0 Å². The summed E-state index contributed by atoms with van der Waals surface area (Å²) in [5.41, 5.74) is 2.87. The molecule has 0 fully saturated rings. The molecule has 0 aliphatic carbocycles. The highest BCUT2D eigenvalue weighted by molar-refractivity contribution is 5.26. The monoisotopic (exact) mass is 249 g/mol. The normalized spacial score (nSPS) is 10.8. The van der Waals surface area contributed by atoms with Crippen molar-refractivity contribution in [3.05, 3.63) is 35.4 Å². The van der Waals surface area contributed by atoms with Crippen LogP contribution in [0.3, 0.4) is 0 Å². The van der Waals surface area contributed by atoms with Gasteiger partial charge in [-0.15, -0.1) is 0 Å². The van der Waals surface area contributed by atoms with Crippen LogP contribution in [0.2, 0.25) is 0 Å². The summed E-state index contributed by atoms with van der Waals surface area (Å²) < 4.78 is 5.53. The molecule has 1 aromatic rings. The van der Waals surface area contributed by atoms with Gasteiger partial charge in [0.1, 0.15) is 0 Å². The first-order valence-electron chi connectivity index (χ1n) is 7.23. The third-order valence-electron chi connectivity index (χ3n) is 3.10. The predicted molar refractivity (Wildman–Crippen MR) is 77.9 cm³/mol. The summed E-state index contributed by atoms with van der Waals surface area (Å²) in [6.07, 6.45) is 4.60. The van der Waals surface area contributed by atoms with Crippen molar-refractivity contribution in [2.24, 2.45) is 0 Å². The van der Waals surface area contributed by atoms with Crippen molar-refractivity contribution in [2.75, 3.05) is 19.8 Å². The molecule has 0 aliphatic heterocycles. The summed E-state index contributed by atoms with van der Waals surface area (Å²) >= 11 is 0. The molecule has 0 saturated carbocycles. The molecule has 1 N–H and O–H groups in total. The minimum Gasteiger partial charge on any atom is -0.381 e. The number of unbranched alkanes of at least 4 members (excludes halogenated alkanes) is 1. The van der Waals surface area contributed by atoms with Gasteiger partial charge in [0.05, 0.1) is 0 Å². The Kier molecular flexibility index (Phi) is 8.53. The number of ether oxygens (including phenoxy) is 1. The fourth-order valence-electron chi connectivity index (χ4n) is 1.95. The van der Waals surface area contributed by atoms with E-state index in [4.69, 9.17) is 4.74 Å². The first kappa shape index (κ1) is 15.2. The second kappa shape index (κ2) is 10.1. The summed E-state index contributed by atoms with van der Waals surface area (Å²) in [6, 6.07) is 8.66. The van der Waals surface area contributed by atoms with E-state index in [1.54, 1.807) is 0 Å². The van der Waals surface area contributed by atoms with Crippen LogP contribution in [0.25, 0.3) is 0 Å². The topological polar surface area (TPSA) is 21.3 Å². The Morgan fingerprint density at radius 1 is 1.00 bits per heavy atom. The maximum atomic E-state index is 5.53. The van der Waals surface area contributed by atoms with Crippen molar-refractivity contribution < 1.29 is 4.74 Å². The van der Waals surface area contributed by atoms with Gasteiger partial charge in [0.25, 0.3) is 0 Å². The number of rotatable bonds is 10. The highest BCUT2D eigenvalue weighted by atomic mass is 16.5. The third-order valence-corrected chi connectivity index (χ3v) is 3.10. The first-order chi connectivity index (χ1) is 8.88. The minimum atomic E-state index is 0.877. The molecular formula is C16H27NO. The molecule has 102 valence electrons. The summed E-state index contributed by atoms with van der Waals surface area (Å²) in [4.78, 5) is 0. The van der Waals surface area contributed by atoms with Crippen molar-refractivity contribution in [1.82, 2.24) is 5.32 Å². The second-order valence-corrected chi connectivity index (χ2v) is 4.62. The van der Waals surface area contributed by atoms with E-state index < -0.39 is 0 Å². The quantitative estimate of drug-likeness (QED) is 0.640. The molecular weight excluding hydrogens is 222 g/mol. The number of nitrogens with one attached hydrogen (secondary N) is 1. The average molecular weight is 249 g/mol. The lowest BCUT2D eigenvalue weighted by atomic mass is 10.1. The summed E-state index contributed by atoms with van der Waals surface area (Å²) in [6.45, 7) is 8.19. The van der Waals surface area contributed by atoms with E-state index in [2.05, 4.69) is 43.4 Å². The Morgan fingerprint density at radius 2 is 1.72 bits per heavy atom. The molecule has 18 heavy (non-hydrogen) atoms. The molecule has 0 aliphatic rings. The Labute approximate surface area is 112 Å². The van der Waals surface area contributed by atoms with E-state index in [1.165, 1.54) is 24.0 Å². The fraction of sp³-hybridized carbons (Fsp3) is 0.625. The SMILES string of the molecule is CCCCOCCCNCc1ccccc1CC. The van der Waals surface area contributed by atoms with Gasteiger partial charge in [0, 0.05) is 19.8 Å². The van der Waals surface area contributed by atoms with E-state index in [9.17, 15) is 0 Å². The van der Waals surface area contributed by atoms with E-state index >= 15 is 0 Å². The zero-order valence-electron chi connectivity index (χ0n) is 11.9. The highest BCUT2D eigenvalue weighted by Gasteiger charge is 1.98. The highest BCUT2D eigenvalue weighted by Crippen LogP contribution is 2.08. The summed E-state index contributed by atoms with van der Waals surface area (Å²) in [5.74, 6) is 0. The van der Waals surface area contributed by atoms with Gasteiger partial charge >= 0.3 is 0 Å². The number of hydrogen-bond acceptors (Lipinski definition) is 2. The van der Waals surface area contributed by atoms with Gasteiger partial charge in [0.2, 0.25) is 0 Å². The molecule has 0 aromatic heterocycles. The van der Waals surface area contributed by atoms with Crippen LogP contribution < -0.4 is 5.32 Å². The van der Waals surface area contributed by atoms with Crippen LogP contribution in [-0.2, 0) is 17.7 Å². The molecule has 0 unspecified atom stereocenters. The molecule has 1 rings (SSSR count). The molecule has 0 radical (unpaired) electrons. The smallest absolute Gasteiger partial charge is 0.0478 e. The van der Waals surface area contributed by atoms with Gasteiger partial charge in [-0.05, 0) is 36.9 Å². The third kappa shape index (κ3) is 6.18. The molecule has 1 aromatic carbocycles. The van der Waals surface area contributed by atoms with Crippen LogP contribution in [-0.4, -0.2) is 19.8 Å². The van der Waals surface area contributed by atoms with Crippen LogP contribution in [0, 0.1) is 0 Å². The minimum absolute atomic E-state index is 0.877. The Hall–Kier alpha value is -0.860. The van der Waals surface area contributed by atoms with E-state index in [0.717, 1.165) is 39.1 Å². The van der Waals surface area contributed by atoms with E-state index in [-0.39, 0.29) is 0 Å². The summed E-state index contributed by atoms with van der Waals surface area (Å²) in [7, 11) is 0. The van der Waals surface area contributed by atoms with Gasteiger partial charge in [0.15, 0.2) is 0 Å². The molecule has 0 atom stereocenters. The van der Waals surface area contributed by atoms with Gasteiger partial charge < -0.3 is 10.1 Å². The van der Waals surface area contributed by atoms with Crippen LogP contribution in [0.15, 0.2) is 24.3 Å². The maximum Gasteiger partial charge on any atom is 0.0478 e. The molecule has 0 heterocycles. The molecule has 2 heteroatoms. The van der Waals surface area contributed by atoms with Gasteiger partial charge in [-0.1, -0.05) is 44.5 Å². The predicted octanol–water partition coefficient (Wildman–Crippen LogP) is 3.55. The lowest BCUT2D eigenvalue weighted by Crippen LogP contribution is -2.17. The lowest BCUT2D eigenvalue weighted by Gasteiger charge is -2.09. The first-order valence-corrected chi connectivity index (χ1v) is 7.23. The Morgan fingerprint density at radius 3 is 2.44 bits per heavy atom. The average Bonchev–Trinajstić information content (AvgIpc) is 2.42. The van der Waals surface area contributed by atoms with E-state index in [1.807, 2.05) is 0 Å². The number of benzene rings is 1. The zero-order valence-corrected chi connectivity index (χ0v) is 11.9. The van der Waals surface area contributed by atoms with Crippen molar-refractivity contribution in [1.29, 1.82) is 0 Å². The van der Waals surface area contributed by atoms with E-state index in [0.29, 0.717) is 0 Å². The van der Waals surface area contributed by atoms with Crippen molar-refractivity contribution in [3.63, 3.8) is 0 Å². The van der Waals surface area contributed by atoms with Crippen LogP contribution in [0.5, 0.6) is 0 Å². The van der Waals surface area contributed by atoms with Crippen molar-refractivity contribution in [2.45, 2.75) is 46.1 Å². The standard InChI is InChI=1S/C16H27NO/c1-3-5-12-18-13-8-11-17-14-16-10-7-6-9-15(16)4-2/h6-7,9-10,17H,3-5,8,11-14H2,1-2H3. The largest absolute Gasteiger partial charge is 0.381 e. The summed E-state index contributed by atoms with van der Waals surface area (Å²) in [5, 5.41) is 3.49. The Bertz CT molecular complexity index is 312. The van der Waals surface area contributed by atoms with Gasteiger partial charge in [-0.2, -0.15) is 0 Å². The molecule has 0 amide bonds. The van der Waals surface area contributed by atoms with Crippen LogP contribution in [0.1, 0.15) is 44.2 Å². The van der Waals surface area contributed by atoms with Crippen molar-refractivity contribution in [3.8, 4) is 0 Å². The number of aryl methyl sites for hydroxylation is 1. The fourth-order valence-corrected chi connectivity index (χ4v) is 1.95. The molecule has 2 nitrogen and oxygen atoms in total. The van der Waals surface area contributed by atoms with Crippen LogP contribution >= 0.6 is 0 Å². The maximum absolute atomic E-state index is 5.53. The number of hydrogen-bond donors (Lipinski definition) is 1. The van der Waals surface area contributed by atoms with Crippen LogP contribution in [0.4, 0.5) is 0 Å². The Balaban J connectivity index is 2.07. The molecule has 0 saturated heterocycles. The molecule has 0 bridgehead atoms. The van der Waals surface area contributed by atoms with Gasteiger partial charge in [-0.25, -0.2) is 0 Å². The lowest BCUT2D eigenvalue weighted by molar-refractivity contribution is 0.129. The molecule has 0 spiro atoms. The second-order valence-electron chi connectivity index (χ2n) is 4.62.